The molecule has 0 saturated heterocycles. The first-order valence-electron chi connectivity index (χ1n) is 12.6. The molecule has 0 aliphatic carbocycles. The van der Waals surface area contributed by atoms with Crippen LogP contribution in [0.25, 0.3) is 0 Å². The molecular weight excluding hydrogens is 388 g/mol. The Morgan fingerprint density at radius 1 is 0.594 bits per heavy atom. The zero-order valence-corrected chi connectivity index (χ0v) is 20.9. The Morgan fingerprint density at radius 3 is 1.31 bits per heavy atom. The summed E-state index contributed by atoms with van der Waals surface area (Å²) < 4.78 is 0. The molecule has 0 heterocycles. The van der Waals surface area contributed by atoms with Crippen molar-refractivity contribution in [1.82, 2.24) is 9.80 Å². The van der Waals surface area contributed by atoms with E-state index in [-0.39, 0.29) is 0 Å². The van der Waals surface area contributed by atoms with Gasteiger partial charge in [-0.25, -0.2) is 0 Å². The third kappa shape index (κ3) is 10.0. The van der Waals surface area contributed by atoms with Crippen LogP contribution in [-0.4, -0.2) is 36.0 Å². The van der Waals surface area contributed by atoms with E-state index in [0.717, 1.165) is 25.9 Å². The van der Waals surface area contributed by atoms with E-state index in [9.17, 15) is 0 Å². The first kappa shape index (κ1) is 26.2. The molecule has 174 valence electrons. The number of hydrogen-bond donors (Lipinski definition) is 0. The minimum Gasteiger partial charge on any atom is -0.289 e. The maximum absolute atomic E-state index is 3.73. The summed E-state index contributed by atoms with van der Waals surface area (Å²) in [4.78, 5) is 4.89. The molecule has 2 atom stereocenters. The van der Waals surface area contributed by atoms with Crippen molar-refractivity contribution in [3.63, 3.8) is 0 Å². The third-order valence-electron chi connectivity index (χ3n) is 6.19. The zero-order chi connectivity index (χ0) is 23.0. The number of rotatable bonds is 14. The first-order chi connectivity index (χ1) is 15.6. The van der Waals surface area contributed by atoms with Gasteiger partial charge in [0.05, 0.1) is 12.1 Å². The van der Waals surface area contributed by atoms with E-state index in [2.05, 4.69) is 110 Å². The second-order valence-corrected chi connectivity index (χ2v) is 9.11. The lowest BCUT2D eigenvalue weighted by molar-refractivity contribution is 0.257. The molecule has 32 heavy (non-hydrogen) atoms. The molecule has 2 rings (SSSR count). The summed E-state index contributed by atoms with van der Waals surface area (Å²) in [5, 5.41) is 0. The zero-order valence-electron chi connectivity index (χ0n) is 20.9. The lowest BCUT2D eigenvalue weighted by Gasteiger charge is -2.26. The highest BCUT2D eigenvalue weighted by molar-refractivity contribution is 5.19. The van der Waals surface area contributed by atoms with E-state index in [1.807, 2.05) is 0 Å². The van der Waals surface area contributed by atoms with Crippen molar-refractivity contribution in [3.05, 3.63) is 71.8 Å². The van der Waals surface area contributed by atoms with Crippen molar-refractivity contribution in [3.8, 4) is 11.8 Å². The highest BCUT2D eigenvalue weighted by Gasteiger charge is 2.15. The molecule has 0 spiro atoms. The van der Waals surface area contributed by atoms with Crippen LogP contribution in [0.5, 0.6) is 0 Å². The van der Waals surface area contributed by atoms with Gasteiger partial charge in [-0.1, -0.05) is 125 Å². The summed E-state index contributed by atoms with van der Waals surface area (Å²) >= 11 is 0. The summed E-state index contributed by atoms with van der Waals surface area (Å²) in [6, 6.07) is 22.2. The number of nitrogens with zero attached hydrogens (tertiary/aromatic N) is 2. The van der Waals surface area contributed by atoms with Gasteiger partial charge >= 0.3 is 0 Å². The normalized spacial score (nSPS) is 13.1. The van der Waals surface area contributed by atoms with Crippen molar-refractivity contribution in [2.45, 2.75) is 90.4 Å². The van der Waals surface area contributed by atoms with Crippen LogP contribution in [0.4, 0.5) is 0 Å². The summed E-state index contributed by atoms with van der Waals surface area (Å²) in [5.74, 6) is 7.45. The van der Waals surface area contributed by atoms with Gasteiger partial charge in [-0.2, -0.15) is 0 Å². The molecule has 2 unspecified atom stereocenters. The number of hydrogen-bond acceptors (Lipinski definition) is 2. The van der Waals surface area contributed by atoms with E-state index in [4.69, 9.17) is 0 Å². The highest BCUT2D eigenvalue weighted by Crippen LogP contribution is 2.15. The predicted molar refractivity (Wildman–Crippen MR) is 139 cm³/mol. The van der Waals surface area contributed by atoms with Crippen LogP contribution in [0.1, 0.15) is 76.3 Å². The minimum absolute atomic E-state index is 0.306. The van der Waals surface area contributed by atoms with E-state index < -0.39 is 0 Å². The van der Waals surface area contributed by atoms with Gasteiger partial charge in [0.25, 0.3) is 0 Å². The maximum atomic E-state index is 3.73. The van der Waals surface area contributed by atoms with Crippen LogP contribution in [-0.2, 0) is 13.1 Å². The average molecular weight is 433 g/mol. The van der Waals surface area contributed by atoms with Crippen molar-refractivity contribution in [1.29, 1.82) is 0 Å². The van der Waals surface area contributed by atoms with Crippen LogP contribution in [0.3, 0.4) is 0 Å². The van der Waals surface area contributed by atoms with E-state index >= 15 is 0 Å². The molecule has 2 aromatic carbocycles. The fourth-order valence-corrected chi connectivity index (χ4v) is 4.14. The van der Waals surface area contributed by atoms with Gasteiger partial charge in [0, 0.05) is 13.1 Å². The standard InChI is InChI=1S/C30H44N2/c1-5-7-11-21-29(31(3)25-27-17-13-9-14-18-27)23-24-30(22-12-8-6-2)32(4)26-28-19-15-10-16-20-28/h9-10,13-20,29-30H,5-8,11-12,21-22,25-26H2,1-4H3. The Labute approximate surface area is 198 Å². The van der Waals surface area contributed by atoms with Crippen molar-refractivity contribution < 1.29 is 0 Å². The smallest absolute Gasteiger partial charge is 0.0715 e. The summed E-state index contributed by atoms with van der Waals surface area (Å²) in [6.45, 7) is 6.45. The van der Waals surface area contributed by atoms with E-state index in [0.29, 0.717) is 12.1 Å². The first-order valence-corrected chi connectivity index (χ1v) is 12.6. The van der Waals surface area contributed by atoms with Crippen molar-refractivity contribution in [2.75, 3.05) is 14.1 Å². The predicted octanol–water partition coefficient (Wildman–Crippen LogP) is 7.15. The summed E-state index contributed by atoms with van der Waals surface area (Å²) in [6.07, 6.45) is 9.85. The fraction of sp³-hybridized carbons (Fsp3) is 0.533. The molecule has 2 heteroatoms. The van der Waals surface area contributed by atoms with E-state index in [1.165, 1.54) is 49.7 Å². The Morgan fingerprint density at radius 2 is 0.969 bits per heavy atom. The lowest BCUT2D eigenvalue weighted by atomic mass is 10.0. The largest absolute Gasteiger partial charge is 0.289 e. The summed E-state index contributed by atoms with van der Waals surface area (Å²) in [5.41, 5.74) is 2.72. The Balaban J connectivity index is 2.13. The van der Waals surface area contributed by atoms with Gasteiger partial charge in [0.1, 0.15) is 0 Å². The van der Waals surface area contributed by atoms with Gasteiger partial charge in [-0.05, 0) is 38.1 Å². The Hall–Kier alpha value is -2.08. The van der Waals surface area contributed by atoms with Crippen molar-refractivity contribution >= 4 is 0 Å². The topological polar surface area (TPSA) is 6.48 Å². The Bertz CT molecular complexity index is 709. The van der Waals surface area contributed by atoms with E-state index in [1.54, 1.807) is 0 Å². The Kier molecular flexibility index (Phi) is 12.8. The molecule has 0 bridgehead atoms. The SMILES string of the molecule is CCCCCC(C#CC(CCCCC)N(C)Cc1ccccc1)N(C)Cc1ccccc1. The van der Waals surface area contributed by atoms with Crippen LogP contribution < -0.4 is 0 Å². The second-order valence-electron chi connectivity index (χ2n) is 9.11. The molecule has 0 fully saturated rings. The van der Waals surface area contributed by atoms with Gasteiger partial charge in [-0.3, -0.25) is 9.80 Å². The van der Waals surface area contributed by atoms with Crippen molar-refractivity contribution in [2.24, 2.45) is 0 Å². The number of unbranched alkanes of at least 4 members (excludes halogenated alkanes) is 4. The molecule has 0 radical (unpaired) electrons. The van der Waals surface area contributed by atoms with Crippen LogP contribution >= 0.6 is 0 Å². The van der Waals surface area contributed by atoms with Crippen LogP contribution in [0, 0.1) is 11.8 Å². The van der Waals surface area contributed by atoms with Crippen LogP contribution in [0.2, 0.25) is 0 Å². The molecule has 0 aromatic heterocycles. The van der Waals surface area contributed by atoms with Gasteiger partial charge in [0.15, 0.2) is 0 Å². The van der Waals surface area contributed by atoms with Gasteiger partial charge in [-0.15, -0.1) is 0 Å². The van der Waals surface area contributed by atoms with Gasteiger partial charge in [0.2, 0.25) is 0 Å². The molecule has 0 aliphatic heterocycles. The average Bonchev–Trinajstić information content (AvgIpc) is 2.81. The summed E-state index contributed by atoms with van der Waals surface area (Å²) in [7, 11) is 4.47. The molecule has 0 aliphatic rings. The third-order valence-corrected chi connectivity index (χ3v) is 6.19. The highest BCUT2D eigenvalue weighted by atomic mass is 15.1. The molecule has 0 N–H and O–H groups in total. The van der Waals surface area contributed by atoms with Crippen LogP contribution in [0.15, 0.2) is 60.7 Å². The fourth-order valence-electron chi connectivity index (χ4n) is 4.14. The maximum Gasteiger partial charge on any atom is 0.0715 e. The molecule has 2 nitrogen and oxygen atoms in total. The molecule has 0 saturated carbocycles. The molecule has 0 amide bonds. The van der Waals surface area contributed by atoms with Gasteiger partial charge < -0.3 is 0 Å². The quantitative estimate of drug-likeness (QED) is 0.231. The lowest BCUT2D eigenvalue weighted by Crippen LogP contribution is -2.33. The minimum atomic E-state index is 0.306. The monoisotopic (exact) mass is 432 g/mol. The number of benzene rings is 2. The molecular formula is C30H44N2. The molecule has 2 aromatic rings. The second kappa shape index (κ2) is 15.7.